The molecule has 0 aromatic carbocycles. The number of carboxylic acid groups (broad SMARTS) is 1. The van der Waals surface area contributed by atoms with Crippen LogP contribution in [0.5, 0.6) is 0 Å². The molecule has 0 aromatic heterocycles. The van der Waals surface area contributed by atoms with Crippen molar-refractivity contribution in [3.05, 3.63) is 12.2 Å². The molecule has 104 valence electrons. The quantitative estimate of drug-likeness (QED) is 0.210. The Kier molecular flexibility index (Phi) is 17.4. The second-order valence-electron chi connectivity index (χ2n) is 4.29. The molecule has 0 atom stereocenters. The van der Waals surface area contributed by atoms with Gasteiger partial charge in [-0.3, -0.25) is 0 Å². The largest absolute Gasteiger partial charge is 1.00 e. The zero-order valence-corrected chi connectivity index (χ0v) is 14.2. The summed E-state index contributed by atoms with van der Waals surface area (Å²) in [5, 5.41) is 10.0. The standard InChI is InChI=1S/C14H24O4.Na/c1-2-3-4-5-6-7-8-9-12-18-14(17)11-10-13(15)16;/h10-11H,2-9,12H2,1H3,(H,15,16);/q;+1/p-1. The first-order valence-electron chi connectivity index (χ1n) is 6.72. The fourth-order valence-electron chi connectivity index (χ4n) is 1.59. The Morgan fingerprint density at radius 3 is 2.00 bits per heavy atom. The summed E-state index contributed by atoms with van der Waals surface area (Å²) < 4.78 is 4.82. The summed E-state index contributed by atoms with van der Waals surface area (Å²) in [6, 6.07) is 0. The molecule has 5 heteroatoms. The fraction of sp³-hybridized carbons (Fsp3) is 0.714. The molecule has 0 aliphatic carbocycles. The van der Waals surface area contributed by atoms with E-state index in [-0.39, 0.29) is 29.6 Å². The zero-order chi connectivity index (χ0) is 13.6. The van der Waals surface area contributed by atoms with Gasteiger partial charge in [0.2, 0.25) is 0 Å². The number of carboxylic acids is 1. The van der Waals surface area contributed by atoms with Crippen molar-refractivity contribution in [3.8, 4) is 0 Å². The number of unbranched alkanes of at least 4 members (excludes halogenated alkanes) is 7. The maximum absolute atomic E-state index is 11.0. The average molecular weight is 278 g/mol. The number of hydrogen-bond donors (Lipinski definition) is 0. The Bertz CT molecular complexity index is 264. The first kappa shape index (κ1) is 21.0. The van der Waals surface area contributed by atoms with Gasteiger partial charge >= 0.3 is 35.5 Å². The molecule has 0 aliphatic rings. The van der Waals surface area contributed by atoms with Gasteiger partial charge in [-0.15, -0.1) is 0 Å². The third kappa shape index (κ3) is 17.7. The Morgan fingerprint density at radius 1 is 0.947 bits per heavy atom. The molecule has 0 bridgehead atoms. The summed E-state index contributed by atoms with van der Waals surface area (Å²) in [6.45, 7) is 2.55. The van der Waals surface area contributed by atoms with E-state index >= 15 is 0 Å². The Hall–Kier alpha value is -0.320. The van der Waals surface area contributed by atoms with Crippen molar-refractivity contribution in [2.24, 2.45) is 0 Å². The van der Waals surface area contributed by atoms with Crippen molar-refractivity contribution in [1.29, 1.82) is 0 Å². The van der Waals surface area contributed by atoms with Crippen LogP contribution in [0.3, 0.4) is 0 Å². The van der Waals surface area contributed by atoms with Gasteiger partial charge < -0.3 is 14.6 Å². The molecule has 0 heterocycles. The van der Waals surface area contributed by atoms with Crippen LogP contribution in [-0.4, -0.2) is 18.5 Å². The number of carbonyl (C=O) groups is 2. The van der Waals surface area contributed by atoms with Gasteiger partial charge in [0.05, 0.1) is 12.6 Å². The number of rotatable bonds is 11. The average Bonchev–Trinajstić information content (AvgIpc) is 2.34. The third-order valence-corrected chi connectivity index (χ3v) is 2.60. The van der Waals surface area contributed by atoms with Gasteiger partial charge in [0, 0.05) is 6.08 Å². The summed E-state index contributed by atoms with van der Waals surface area (Å²) in [7, 11) is 0. The van der Waals surface area contributed by atoms with Crippen LogP contribution in [0.25, 0.3) is 0 Å². The van der Waals surface area contributed by atoms with Gasteiger partial charge in [0.15, 0.2) is 0 Å². The smallest absolute Gasteiger partial charge is 0.545 e. The maximum atomic E-state index is 11.0. The first-order chi connectivity index (χ1) is 8.66. The SMILES string of the molecule is CCCCCCCCCCOC(=O)C=CC(=O)[O-].[Na+]. The summed E-state index contributed by atoms with van der Waals surface area (Å²) in [5.74, 6) is -2.01. The van der Waals surface area contributed by atoms with Crippen molar-refractivity contribution in [2.45, 2.75) is 58.3 Å². The van der Waals surface area contributed by atoms with E-state index < -0.39 is 11.9 Å². The molecular formula is C14H23NaO4. The second-order valence-corrected chi connectivity index (χ2v) is 4.29. The van der Waals surface area contributed by atoms with Crippen LogP contribution < -0.4 is 34.7 Å². The topological polar surface area (TPSA) is 66.4 Å². The minimum Gasteiger partial charge on any atom is -0.545 e. The Labute approximate surface area is 137 Å². The molecule has 4 nitrogen and oxygen atoms in total. The van der Waals surface area contributed by atoms with Crippen LogP contribution in [0.2, 0.25) is 0 Å². The molecule has 0 aliphatic heterocycles. The number of esters is 1. The van der Waals surface area contributed by atoms with Crippen LogP contribution in [0, 0.1) is 0 Å². The first-order valence-corrected chi connectivity index (χ1v) is 6.72. The number of hydrogen-bond acceptors (Lipinski definition) is 4. The van der Waals surface area contributed by atoms with Crippen LogP contribution in [-0.2, 0) is 14.3 Å². The van der Waals surface area contributed by atoms with Crippen LogP contribution in [0.4, 0.5) is 0 Å². The molecular weight excluding hydrogens is 255 g/mol. The van der Waals surface area contributed by atoms with Gasteiger partial charge in [-0.2, -0.15) is 0 Å². The molecule has 0 rings (SSSR count). The normalized spacial score (nSPS) is 10.2. The van der Waals surface area contributed by atoms with Crippen molar-refractivity contribution in [3.63, 3.8) is 0 Å². The van der Waals surface area contributed by atoms with Gasteiger partial charge in [-0.05, 0) is 12.5 Å². The minimum atomic E-state index is -1.39. The van der Waals surface area contributed by atoms with E-state index in [0.717, 1.165) is 25.3 Å². The maximum Gasteiger partial charge on any atom is 1.00 e. The summed E-state index contributed by atoms with van der Waals surface area (Å²) in [5.41, 5.74) is 0. The predicted octanol–water partition coefficient (Wildman–Crippen LogP) is -1.02. The third-order valence-electron chi connectivity index (χ3n) is 2.60. The minimum absolute atomic E-state index is 0. The zero-order valence-electron chi connectivity index (χ0n) is 12.2. The number of carbonyl (C=O) groups excluding carboxylic acids is 2. The molecule has 0 saturated heterocycles. The molecule has 0 radical (unpaired) electrons. The predicted molar refractivity (Wildman–Crippen MR) is 67.7 cm³/mol. The van der Waals surface area contributed by atoms with Crippen LogP contribution in [0.1, 0.15) is 58.3 Å². The Balaban J connectivity index is 0. The molecule has 19 heavy (non-hydrogen) atoms. The van der Waals surface area contributed by atoms with E-state index in [1.54, 1.807) is 0 Å². The molecule has 0 unspecified atom stereocenters. The van der Waals surface area contributed by atoms with E-state index in [4.69, 9.17) is 4.74 Å². The van der Waals surface area contributed by atoms with Crippen molar-refractivity contribution >= 4 is 11.9 Å². The number of aliphatic carboxylic acids is 1. The van der Waals surface area contributed by atoms with Crippen molar-refractivity contribution < 1.29 is 49.0 Å². The molecule has 0 amide bonds. The van der Waals surface area contributed by atoms with Gasteiger partial charge in [-0.25, -0.2) is 4.79 Å². The molecule has 0 saturated carbocycles. The van der Waals surface area contributed by atoms with E-state index in [1.165, 1.54) is 32.1 Å². The van der Waals surface area contributed by atoms with Gasteiger partial charge in [0.25, 0.3) is 0 Å². The van der Waals surface area contributed by atoms with Crippen LogP contribution in [0.15, 0.2) is 12.2 Å². The summed E-state index contributed by atoms with van der Waals surface area (Å²) >= 11 is 0. The van der Waals surface area contributed by atoms with Gasteiger partial charge in [-0.1, -0.05) is 51.9 Å². The van der Waals surface area contributed by atoms with Crippen molar-refractivity contribution in [2.75, 3.05) is 6.61 Å². The fourth-order valence-corrected chi connectivity index (χ4v) is 1.59. The summed E-state index contributed by atoms with van der Waals surface area (Å²) in [4.78, 5) is 21.0. The van der Waals surface area contributed by atoms with E-state index in [9.17, 15) is 14.7 Å². The molecule has 0 aromatic rings. The van der Waals surface area contributed by atoms with Crippen LogP contribution >= 0.6 is 0 Å². The second kappa shape index (κ2) is 15.7. The number of ether oxygens (including phenoxy) is 1. The van der Waals surface area contributed by atoms with Gasteiger partial charge in [0.1, 0.15) is 0 Å². The molecule has 0 N–H and O–H groups in total. The van der Waals surface area contributed by atoms with Crippen molar-refractivity contribution in [1.82, 2.24) is 0 Å². The van der Waals surface area contributed by atoms with E-state index in [0.29, 0.717) is 12.7 Å². The van der Waals surface area contributed by atoms with E-state index in [2.05, 4.69) is 6.92 Å². The summed E-state index contributed by atoms with van der Waals surface area (Å²) in [6.07, 6.45) is 11.0. The monoisotopic (exact) mass is 278 g/mol. The Morgan fingerprint density at radius 2 is 1.47 bits per heavy atom. The van der Waals surface area contributed by atoms with E-state index in [1.807, 2.05) is 0 Å². The molecule has 0 fully saturated rings. The molecule has 0 spiro atoms.